The summed E-state index contributed by atoms with van der Waals surface area (Å²) >= 11 is 0. The maximum atomic E-state index is 8.49. The zero-order valence-electron chi connectivity index (χ0n) is 18.2. The lowest BCUT2D eigenvalue weighted by Gasteiger charge is -2.17. The molecule has 2 aromatic carbocycles. The Morgan fingerprint density at radius 2 is 1.25 bits per heavy atom. The highest BCUT2D eigenvalue weighted by atomic mass is 35.7. The zero-order chi connectivity index (χ0) is 23.9. The summed E-state index contributed by atoms with van der Waals surface area (Å²) in [4.78, 5) is 5.55. The van der Waals surface area contributed by atoms with Crippen LogP contribution in [0.2, 0.25) is 0 Å². The lowest BCUT2D eigenvalue weighted by molar-refractivity contribution is -2.00. The van der Waals surface area contributed by atoms with Crippen LogP contribution >= 0.6 is 0 Å². The number of aromatic nitrogens is 1. The largest absolute Gasteiger partial charge is 0.493 e. The lowest BCUT2D eigenvalue weighted by atomic mass is 10.0. The van der Waals surface area contributed by atoms with E-state index in [4.69, 9.17) is 42.4 Å². The average Bonchev–Trinajstić information content (AvgIpc) is 2.77. The fraction of sp³-hybridized carbons (Fsp3) is 0.286. The summed E-state index contributed by atoms with van der Waals surface area (Å²) < 4.78 is 57.4. The maximum Gasteiger partial charge on any atom is 0.246 e. The summed E-state index contributed by atoms with van der Waals surface area (Å²) in [7, 11) is 3.22. The molecule has 3 aromatic rings. The third-order valence-corrected chi connectivity index (χ3v) is 4.54. The lowest BCUT2D eigenvalue weighted by Crippen LogP contribution is -2.68. The molecule has 0 atom stereocenters. The van der Waals surface area contributed by atoms with Crippen LogP contribution in [-0.4, -0.2) is 35.5 Å². The number of pyridine rings is 1. The molecule has 0 radical (unpaired) electrons. The van der Waals surface area contributed by atoms with Crippen molar-refractivity contribution in [1.29, 1.82) is 0 Å². The zero-order valence-corrected chi connectivity index (χ0v) is 19.0. The topological polar surface area (TPSA) is 142 Å². The molecule has 10 nitrogen and oxygen atoms in total. The quantitative estimate of drug-likeness (QED) is 0.361. The number of ether oxygens (including phenoxy) is 4. The molecule has 1 aromatic heterocycles. The van der Waals surface area contributed by atoms with E-state index in [0.717, 1.165) is 22.0 Å². The molecular formula is C21H24ClNO9. The van der Waals surface area contributed by atoms with E-state index in [1.807, 2.05) is 42.6 Å². The predicted octanol–water partition coefficient (Wildman–Crippen LogP) is -1.95. The first-order valence-electron chi connectivity index (χ1n) is 9.11. The molecule has 0 saturated carbocycles. The second-order valence-corrected chi connectivity index (χ2v) is 7.07. The van der Waals surface area contributed by atoms with Gasteiger partial charge >= 0.3 is 0 Å². The van der Waals surface area contributed by atoms with Gasteiger partial charge in [0.1, 0.15) is 7.11 Å². The SMILES string of the molecule is COc1ccc(Cc2c3cc(OC)c(OC)cc3cc[n+]2OC)cc1OC.[O-][Cl+3]([O-])([O-])[O-]. The molecule has 1 heterocycles. The highest BCUT2D eigenvalue weighted by Gasteiger charge is 2.20. The number of fused-ring (bicyclic) bond motifs is 1. The van der Waals surface area contributed by atoms with Crippen molar-refractivity contribution >= 4 is 10.8 Å². The molecule has 0 aliphatic rings. The second kappa shape index (κ2) is 11.0. The molecule has 0 N–H and O–H groups in total. The maximum absolute atomic E-state index is 8.49. The Morgan fingerprint density at radius 3 is 1.78 bits per heavy atom. The molecule has 0 amide bonds. The normalized spacial score (nSPS) is 10.8. The molecule has 32 heavy (non-hydrogen) atoms. The number of hydrogen-bond donors (Lipinski definition) is 0. The van der Waals surface area contributed by atoms with Gasteiger partial charge in [0.25, 0.3) is 0 Å². The fourth-order valence-electron chi connectivity index (χ4n) is 3.17. The molecule has 0 bridgehead atoms. The molecule has 0 aliphatic heterocycles. The van der Waals surface area contributed by atoms with E-state index in [1.165, 1.54) is 0 Å². The third-order valence-electron chi connectivity index (χ3n) is 4.54. The molecule has 174 valence electrons. The first-order valence-corrected chi connectivity index (χ1v) is 10.3. The Bertz CT molecular complexity index is 1050. The van der Waals surface area contributed by atoms with Crippen molar-refractivity contribution in [3.63, 3.8) is 0 Å². The summed E-state index contributed by atoms with van der Waals surface area (Å²) in [5.74, 6) is 2.76. The van der Waals surface area contributed by atoms with Crippen LogP contribution in [0.5, 0.6) is 23.0 Å². The van der Waals surface area contributed by atoms with Gasteiger partial charge in [-0.05, 0) is 35.2 Å². The third kappa shape index (κ3) is 6.49. The monoisotopic (exact) mass is 469 g/mol. The minimum atomic E-state index is -4.94. The number of halogens is 1. The summed E-state index contributed by atoms with van der Waals surface area (Å²) in [6, 6.07) is 11.8. The molecule has 0 spiro atoms. The summed E-state index contributed by atoms with van der Waals surface area (Å²) in [5, 5.41) is 2.06. The van der Waals surface area contributed by atoms with Gasteiger partial charge in [-0.25, -0.2) is 18.6 Å². The molecule has 0 unspecified atom stereocenters. The predicted molar refractivity (Wildman–Crippen MR) is 102 cm³/mol. The van der Waals surface area contributed by atoms with Crippen molar-refractivity contribution in [3.05, 3.63) is 53.9 Å². The Labute approximate surface area is 187 Å². The Kier molecular flexibility index (Phi) is 8.70. The van der Waals surface area contributed by atoms with E-state index >= 15 is 0 Å². The van der Waals surface area contributed by atoms with Crippen LogP contribution in [0.4, 0.5) is 0 Å². The number of rotatable bonds is 7. The average molecular weight is 470 g/mol. The highest BCUT2D eigenvalue weighted by molar-refractivity contribution is 5.87. The minimum Gasteiger partial charge on any atom is -0.493 e. The smallest absolute Gasteiger partial charge is 0.246 e. The van der Waals surface area contributed by atoms with E-state index in [0.29, 0.717) is 29.4 Å². The Balaban J connectivity index is 0.000000654. The standard InChI is InChI=1S/C21H24NO5.ClHO4/c1-23-18-7-6-14(11-19(18)24-2)10-17-16-13-21(26-4)20(25-3)12-15(16)8-9-22(17)27-5;2-1(3,4)5/h6-9,11-13H,10H2,1-5H3;(H,2,3,4,5)/q+1;/p-1. The van der Waals surface area contributed by atoms with Crippen LogP contribution in [0.1, 0.15) is 11.3 Å². The Morgan fingerprint density at radius 1 is 0.719 bits per heavy atom. The van der Waals surface area contributed by atoms with Gasteiger partial charge in [-0.2, -0.15) is 0 Å². The fourth-order valence-corrected chi connectivity index (χ4v) is 3.17. The number of methoxy groups -OCH3 is 4. The minimum absolute atomic E-state index is 0.640. The van der Waals surface area contributed by atoms with Gasteiger partial charge in [0.2, 0.25) is 11.9 Å². The van der Waals surface area contributed by atoms with E-state index in [9.17, 15) is 0 Å². The molecule has 0 saturated heterocycles. The molecule has 3 rings (SSSR count). The van der Waals surface area contributed by atoms with Crippen LogP contribution < -0.4 is 47.2 Å². The van der Waals surface area contributed by atoms with Gasteiger partial charge in [0.05, 0.1) is 40.2 Å². The van der Waals surface area contributed by atoms with Crippen LogP contribution in [0.3, 0.4) is 0 Å². The van der Waals surface area contributed by atoms with E-state index < -0.39 is 10.2 Å². The van der Waals surface area contributed by atoms with E-state index in [-0.39, 0.29) is 0 Å². The van der Waals surface area contributed by atoms with Gasteiger partial charge in [0.15, 0.2) is 23.0 Å². The van der Waals surface area contributed by atoms with Gasteiger partial charge < -0.3 is 18.9 Å². The summed E-state index contributed by atoms with van der Waals surface area (Å²) in [6.45, 7) is 0. The Hall–Kier alpha value is -3.02. The van der Waals surface area contributed by atoms with Crippen LogP contribution in [-0.2, 0) is 6.42 Å². The first kappa shape index (κ1) is 25.2. The van der Waals surface area contributed by atoms with E-state index in [1.54, 1.807) is 40.3 Å². The first-order chi connectivity index (χ1) is 15.1. The number of benzene rings is 2. The molecule has 11 heteroatoms. The van der Waals surface area contributed by atoms with Crippen LogP contribution in [0.25, 0.3) is 10.8 Å². The van der Waals surface area contributed by atoms with Crippen molar-refractivity contribution in [1.82, 2.24) is 0 Å². The van der Waals surface area contributed by atoms with Crippen molar-refractivity contribution in [3.8, 4) is 23.0 Å². The molecular weight excluding hydrogens is 446 g/mol. The van der Waals surface area contributed by atoms with Crippen molar-refractivity contribution in [2.45, 2.75) is 6.42 Å². The van der Waals surface area contributed by atoms with Crippen molar-refractivity contribution in [2.75, 3.05) is 35.5 Å². The second-order valence-electron chi connectivity index (χ2n) is 6.31. The van der Waals surface area contributed by atoms with Crippen molar-refractivity contribution < 1.29 is 57.4 Å². The van der Waals surface area contributed by atoms with Gasteiger partial charge in [-0.15, -0.1) is 10.2 Å². The number of hydrogen-bond acceptors (Lipinski definition) is 9. The van der Waals surface area contributed by atoms with Gasteiger partial charge in [-0.1, -0.05) is 6.07 Å². The van der Waals surface area contributed by atoms with Crippen LogP contribution in [0.15, 0.2) is 42.6 Å². The number of nitrogens with zero attached hydrogens (tertiary/aromatic N) is 1. The van der Waals surface area contributed by atoms with E-state index in [2.05, 4.69) is 0 Å². The summed E-state index contributed by atoms with van der Waals surface area (Å²) in [6.07, 6.45) is 2.53. The highest BCUT2D eigenvalue weighted by Crippen LogP contribution is 2.34. The molecule has 0 aliphatic carbocycles. The van der Waals surface area contributed by atoms with Crippen LogP contribution in [0, 0.1) is 10.2 Å². The summed E-state index contributed by atoms with van der Waals surface area (Å²) in [5.41, 5.74) is 2.06. The molecule has 0 fully saturated rings. The van der Waals surface area contributed by atoms with Crippen molar-refractivity contribution in [2.24, 2.45) is 0 Å². The van der Waals surface area contributed by atoms with Gasteiger partial charge in [0, 0.05) is 10.8 Å². The van der Waals surface area contributed by atoms with Gasteiger partial charge in [-0.3, -0.25) is 4.84 Å².